The number of benzene rings is 2. The number of hydrogen-bond acceptors (Lipinski definition) is 5. The van der Waals surface area contributed by atoms with Crippen LogP contribution in [0.15, 0.2) is 54.6 Å². The molecule has 8 heteroatoms. The molecule has 1 fully saturated rings. The van der Waals surface area contributed by atoms with Gasteiger partial charge in [-0.1, -0.05) is 102 Å². The van der Waals surface area contributed by atoms with Crippen molar-refractivity contribution in [1.82, 2.24) is 16.0 Å². The molecule has 0 bridgehead atoms. The third kappa shape index (κ3) is 9.17. The van der Waals surface area contributed by atoms with Crippen LogP contribution < -0.4 is 16.0 Å². The molecule has 2 aromatic rings. The lowest BCUT2D eigenvalue weighted by Gasteiger charge is -2.29. The van der Waals surface area contributed by atoms with Crippen molar-refractivity contribution in [3.05, 3.63) is 60.2 Å². The summed E-state index contributed by atoms with van der Waals surface area (Å²) in [6.45, 7) is 9.42. The molecule has 1 aliphatic heterocycles. The molecule has 8 nitrogen and oxygen atoms in total. The molecule has 3 amide bonds. The molecule has 6 atom stereocenters. The molecule has 1 unspecified atom stereocenters. The summed E-state index contributed by atoms with van der Waals surface area (Å²) in [5.41, 5.74) is 2.91. The van der Waals surface area contributed by atoms with Gasteiger partial charge in [-0.3, -0.25) is 14.4 Å². The monoisotopic (exact) mass is 563 g/mol. The van der Waals surface area contributed by atoms with Crippen LogP contribution in [0.5, 0.6) is 0 Å². The summed E-state index contributed by atoms with van der Waals surface area (Å²) in [5.74, 6) is -2.14. The molecule has 0 radical (unpaired) electrons. The van der Waals surface area contributed by atoms with Crippen LogP contribution >= 0.6 is 0 Å². The van der Waals surface area contributed by atoms with Crippen molar-refractivity contribution in [1.29, 1.82) is 0 Å². The minimum atomic E-state index is -0.920. The van der Waals surface area contributed by atoms with E-state index < -0.39 is 42.0 Å². The minimum absolute atomic E-state index is 0.0683. The number of nitrogens with one attached hydrogen (secondary N) is 3. The van der Waals surface area contributed by atoms with Crippen LogP contribution in [0.25, 0.3) is 11.1 Å². The lowest BCUT2D eigenvalue weighted by molar-refractivity contribution is -0.158. The molecular weight excluding hydrogens is 518 g/mol. The number of amides is 3. The van der Waals surface area contributed by atoms with Crippen LogP contribution in [0.4, 0.5) is 0 Å². The van der Waals surface area contributed by atoms with Gasteiger partial charge in [-0.15, -0.1) is 0 Å². The van der Waals surface area contributed by atoms with Crippen LogP contribution in [0.2, 0.25) is 0 Å². The highest BCUT2D eigenvalue weighted by Crippen LogP contribution is 2.23. The van der Waals surface area contributed by atoms with Crippen molar-refractivity contribution in [3.8, 4) is 11.1 Å². The van der Waals surface area contributed by atoms with E-state index >= 15 is 0 Å². The Labute approximate surface area is 244 Å². The maximum atomic E-state index is 13.5. The Hall–Kier alpha value is -3.68. The van der Waals surface area contributed by atoms with Gasteiger partial charge < -0.3 is 20.7 Å². The highest BCUT2D eigenvalue weighted by Gasteiger charge is 2.35. The number of hydrogen-bond donors (Lipinski definition) is 3. The highest BCUT2D eigenvalue weighted by atomic mass is 16.5. The second-order valence-electron chi connectivity index (χ2n) is 11.3. The largest absolute Gasteiger partial charge is 0.460 e. The van der Waals surface area contributed by atoms with E-state index in [1.54, 1.807) is 6.92 Å². The van der Waals surface area contributed by atoms with Crippen molar-refractivity contribution in [3.63, 3.8) is 0 Å². The topological polar surface area (TPSA) is 114 Å². The number of rotatable bonds is 9. The van der Waals surface area contributed by atoms with Gasteiger partial charge in [-0.2, -0.15) is 0 Å². The molecular formula is C33H45N3O5. The minimum Gasteiger partial charge on any atom is -0.460 e. The van der Waals surface area contributed by atoms with Gasteiger partial charge in [0.15, 0.2) is 0 Å². The Kier molecular flexibility index (Phi) is 11.9. The predicted molar refractivity (Wildman–Crippen MR) is 160 cm³/mol. The zero-order chi connectivity index (χ0) is 29.9. The molecule has 0 saturated carbocycles. The third-order valence-corrected chi connectivity index (χ3v) is 7.94. The van der Waals surface area contributed by atoms with Crippen molar-refractivity contribution < 1.29 is 23.9 Å². The first-order valence-corrected chi connectivity index (χ1v) is 14.9. The van der Waals surface area contributed by atoms with Gasteiger partial charge in [0.2, 0.25) is 17.7 Å². The van der Waals surface area contributed by atoms with E-state index in [4.69, 9.17) is 4.74 Å². The fourth-order valence-corrected chi connectivity index (χ4v) is 5.01. The van der Waals surface area contributed by atoms with Crippen molar-refractivity contribution in [2.24, 2.45) is 11.8 Å². The molecule has 0 aliphatic carbocycles. The number of ether oxygens (including phenoxy) is 1. The average Bonchev–Trinajstić information content (AvgIpc) is 2.97. The summed E-state index contributed by atoms with van der Waals surface area (Å²) in [6, 6.07) is 15.0. The van der Waals surface area contributed by atoms with Crippen LogP contribution in [0.3, 0.4) is 0 Å². The van der Waals surface area contributed by atoms with E-state index in [1.165, 1.54) is 0 Å². The Morgan fingerprint density at radius 3 is 2.24 bits per heavy atom. The molecule has 222 valence electrons. The molecule has 41 heavy (non-hydrogen) atoms. The van der Waals surface area contributed by atoms with Crippen molar-refractivity contribution in [2.45, 2.75) is 97.4 Å². The number of carbonyl (C=O) groups is 4. The Morgan fingerprint density at radius 2 is 1.56 bits per heavy atom. The average molecular weight is 564 g/mol. The summed E-state index contributed by atoms with van der Waals surface area (Å²) < 4.78 is 5.94. The predicted octanol–water partition coefficient (Wildman–Crippen LogP) is 4.56. The normalized spacial score (nSPS) is 23.9. The van der Waals surface area contributed by atoms with E-state index in [-0.39, 0.29) is 30.6 Å². The standard InChI is InChI=1S/C33H45N3O5/c1-6-8-13-22(4)28-20-29(37)35-27(19-24-14-12-17-26(18-24)25-15-10-9-11-16-25)32(39)34-23(5)31(38)36-30(21(3)7-2)33(40)41-28/h9-12,14-18,21-23,27-28,30H,6-8,13,19-20H2,1-5H3,(H,34,39)(H,35,37)(H,36,38)/t21-,22-,23-,27-,28-,30?/m0/s1. The number of cyclic esters (lactones) is 1. The van der Waals surface area contributed by atoms with Gasteiger partial charge in [-0.25, -0.2) is 4.79 Å². The van der Waals surface area contributed by atoms with Gasteiger partial charge in [0, 0.05) is 6.42 Å². The number of esters is 1. The summed E-state index contributed by atoms with van der Waals surface area (Å²) in [4.78, 5) is 53.3. The van der Waals surface area contributed by atoms with Crippen LogP contribution in [0, 0.1) is 11.8 Å². The maximum absolute atomic E-state index is 13.5. The number of carbonyl (C=O) groups excluding carboxylic acids is 4. The Balaban J connectivity index is 1.91. The quantitative estimate of drug-likeness (QED) is 0.387. The smallest absolute Gasteiger partial charge is 0.329 e. The second kappa shape index (κ2) is 15.4. The zero-order valence-electron chi connectivity index (χ0n) is 24.9. The molecule has 1 aliphatic rings. The first-order chi connectivity index (χ1) is 19.6. The highest BCUT2D eigenvalue weighted by molar-refractivity contribution is 5.94. The summed E-state index contributed by atoms with van der Waals surface area (Å²) >= 11 is 0. The lowest BCUT2D eigenvalue weighted by Crippen LogP contribution is -2.55. The fraction of sp³-hybridized carbons (Fsp3) is 0.515. The first kappa shape index (κ1) is 31.8. The van der Waals surface area contributed by atoms with Gasteiger partial charge in [0.1, 0.15) is 24.2 Å². The first-order valence-electron chi connectivity index (χ1n) is 14.9. The molecule has 1 saturated heterocycles. The Bertz CT molecular complexity index is 1180. The Morgan fingerprint density at radius 1 is 0.854 bits per heavy atom. The lowest BCUT2D eigenvalue weighted by atomic mass is 9.94. The van der Waals surface area contributed by atoms with Gasteiger partial charge in [0.25, 0.3) is 0 Å². The van der Waals surface area contributed by atoms with Crippen molar-refractivity contribution >= 4 is 23.7 Å². The molecule has 0 aromatic heterocycles. The maximum Gasteiger partial charge on any atom is 0.329 e. The molecule has 3 N–H and O–H groups in total. The van der Waals surface area contributed by atoms with E-state index in [9.17, 15) is 19.2 Å². The third-order valence-electron chi connectivity index (χ3n) is 7.94. The molecule has 1 heterocycles. The second-order valence-corrected chi connectivity index (χ2v) is 11.3. The number of unbranched alkanes of at least 4 members (excludes halogenated alkanes) is 1. The van der Waals surface area contributed by atoms with E-state index in [2.05, 4.69) is 22.9 Å². The molecule has 2 aromatic carbocycles. The molecule has 3 rings (SSSR count). The summed E-state index contributed by atoms with van der Waals surface area (Å²) in [7, 11) is 0. The summed E-state index contributed by atoms with van der Waals surface area (Å²) in [5, 5.41) is 8.41. The molecule has 0 spiro atoms. The van der Waals surface area contributed by atoms with Crippen LogP contribution in [0.1, 0.15) is 72.3 Å². The van der Waals surface area contributed by atoms with Gasteiger partial charge >= 0.3 is 5.97 Å². The van der Waals surface area contributed by atoms with Gasteiger partial charge in [-0.05, 0) is 41.9 Å². The van der Waals surface area contributed by atoms with E-state index in [0.717, 1.165) is 36.0 Å². The van der Waals surface area contributed by atoms with Crippen molar-refractivity contribution in [2.75, 3.05) is 0 Å². The van der Waals surface area contributed by atoms with Crippen LogP contribution in [-0.2, 0) is 30.3 Å². The van der Waals surface area contributed by atoms with Crippen LogP contribution in [-0.4, -0.2) is 47.9 Å². The summed E-state index contributed by atoms with van der Waals surface area (Å²) in [6.07, 6.45) is 2.82. The van der Waals surface area contributed by atoms with E-state index in [0.29, 0.717) is 6.42 Å². The SMILES string of the molecule is CCCC[C@H](C)[C@@H]1CC(=O)N[C@@H](Cc2cccc(-c3ccccc3)c2)C(=O)N[C@@H](C)C(=O)NC([C@@H](C)CC)C(=O)O1. The van der Waals surface area contributed by atoms with E-state index in [1.807, 2.05) is 75.4 Å². The zero-order valence-corrected chi connectivity index (χ0v) is 24.9. The fourth-order valence-electron chi connectivity index (χ4n) is 5.01. The van der Waals surface area contributed by atoms with Gasteiger partial charge in [0.05, 0.1) is 6.42 Å².